The van der Waals surface area contributed by atoms with Gasteiger partial charge in [-0.25, -0.2) is 0 Å². The van der Waals surface area contributed by atoms with Crippen molar-refractivity contribution in [1.82, 2.24) is 10.3 Å². The van der Waals surface area contributed by atoms with Crippen molar-refractivity contribution in [2.75, 3.05) is 24.7 Å². The summed E-state index contributed by atoms with van der Waals surface area (Å²) in [6.07, 6.45) is 1.87. The number of nitrogens with one attached hydrogen (secondary N) is 2. The van der Waals surface area contributed by atoms with E-state index in [4.69, 9.17) is 4.74 Å². The second-order valence-electron chi connectivity index (χ2n) is 7.60. The number of nitrogens with zero attached hydrogens (tertiary/aromatic N) is 2. The summed E-state index contributed by atoms with van der Waals surface area (Å²) in [7, 11) is 0. The zero-order valence-corrected chi connectivity index (χ0v) is 20.0. The van der Waals surface area contributed by atoms with Gasteiger partial charge in [-0.1, -0.05) is 0 Å². The number of aryl methyl sites for hydroxylation is 2. The van der Waals surface area contributed by atoms with Crippen molar-refractivity contribution in [3.8, 4) is 6.07 Å². The molecule has 2 N–H and O–H groups in total. The molecule has 0 unspecified atom stereocenters. The number of carbonyl (C=O) groups excluding carboxylic acids is 1. The fourth-order valence-corrected chi connectivity index (χ4v) is 5.29. The lowest BCUT2D eigenvalue weighted by Gasteiger charge is -2.34. The number of rotatable bonds is 6. The third-order valence-electron chi connectivity index (χ3n) is 5.60. The molecular weight excluding hydrogens is 436 g/mol. The van der Waals surface area contributed by atoms with Crippen LogP contribution in [0.25, 0.3) is 0 Å². The van der Waals surface area contributed by atoms with E-state index in [1.807, 2.05) is 26.8 Å². The third kappa shape index (κ3) is 5.29. The molecule has 1 amide bonds. The summed E-state index contributed by atoms with van der Waals surface area (Å²) < 4.78 is 5.48. The average Bonchev–Trinajstić information content (AvgIpc) is 3.05. The molecule has 9 heteroatoms. The SMILES string of the molecule is CCN(c1sc(C#N)c(C(=O)NCc2c(C)cc(C)[nH]c2=O)c1C)C1CCOCC1.Cl. The van der Waals surface area contributed by atoms with E-state index >= 15 is 0 Å². The minimum Gasteiger partial charge on any atom is -0.381 e. The zero-order chi connectivity index (χ0) is 21.8. The number of H-pyrrole nitrogens is 1. The molecule has 1 aliphatic rings. The summed E-state index contributed by atoms with van der Waals surface area (Å²) in [4.78, 5) is 30.7. The van der Waals surface area contributed by atoms with Gasteiger partial charge in [0.05, 0.1) is 10.6 Å². The van der Waals surface area contributed by atoms with Crippen molar-refractivity contribution in [2.45, 2.75) is 53.1 Å². The Hall–Kier alpha value is -2.34. The number of hydrogen-bond acceptors (Lipinski definition) is 6. The number of ether oxygens (including phenoxy) is 1. The molecule has 3 heterocycles. The molecule has 1 saturated heterocycles. The Labute approximate surface area is 192 Å². The first-order valence-corrected chi connectivity index (χ1v) is 11.0. The molecule has 1 aliphatic heterocycles. The zero-order valence-electron chi connectivity index (χ0n) is 18.3. The predicted octanol–water partition coefficient (Wildman–Crippen LogP) is 3.59. The molecule has 2 aromatic heterocycles. The van der Waals surface area contributed by atoms with Gasteiger partial charge in [-0.15, -0.1) is 23.7 Å². The fraction of sp³-hybridized carbons (Fsp3) is 0.500. The standard InChI is InChI=1S/C22H28N4O3S.ClH/c1-5-26(16-6-8-29-9-7-16)22-15(4)19(18(11-23)30-22)21(28)24-12-17-13(2)10-14(3)25-20(17)27;/h10,16H,5-9,12H2,1-4H3,(H,24,28)(H,25,27);1H. The van der Waals surface area contributed by atoms with Crippen LogP contribution in [0.3, 0.4) is 0 Å². The van der Waals surface area contributed by atoms with Crippen LogP contribution in [-0.2, 0) is 11.3 Å². The van der Waals surface area contributed by atoms with Gasteiger partial charge in [0.25, 0.3) is 11.5 Å². The van der Waals surface area contributed by atoms with Gasteiger partial charge in [0.2, 0.25) is 0 Å². The molecule has 0 aliphatic carbocycles. The van der Waals surface area contributed by atoms with Crippen molar-refractivity contribution >= 4 is 34.7 Å². The average molecular weight is 465 g/mol. The van der Waals surface area contributed by atoms with E-state index in [0.717, 1.165) is 54.4 Å². The number of aromatic amines is 1. The number of nitriles is 1. The van der Waals surface area contributed by atoms with Gasteiger partial charge in [0, 0.05) is 43.6 Å². The summed E-state index contributed by atoms with van der Waals surface area (Å²) in [5.74, 6) is -0.325. The van der Waals surface area contributed by atoms with E-state index in [-0.39, 0.29) is 30.4 Å². The highest BCUT2D eigenvalue weighted by atomic mass is 35.5. The summed E-state index contributed by atoms with van der Waals surface area (Å²) in [6, 6.07) is 4.41. The molecule has 0 radical (unpaired) electrons. The predicted molar refractivity (Wildman–Crippen MR) is 126 cm³/mol. The molecule has 0 saturated carbocycles. The third-order valence-corrected chi connectivity index (χ3v) is 6.84. The van der Waals surface area contributed by atoms with Gasteiger partial charge >= 0.3 is 0 Å². The second kappa shape index (κ2) is 10.8. The molecule has 7 nitrogen and oxygen atoms in total. The molecule has 0 aromatic carbocycles. The maximum atomic E-state index is 13.0. The van der Waals surface area contributed by atoms with Crippen LogP contribution in [0, 0.1) is 32.1 Å². The number of amides is 1. The molecule has 3 rings (SSSR count). The number of aromatic nitrogens is 1. The summed E-state index contributed by atoms with van der Waals surface area (Å²) in [5.41, 5.74) is 3.16. The Morgan fingerprint density at radius 3 is 2.61 bits per heavy atom. The molecule has 2 aromatic rings. The number of carbonyl (C=O) groups is 1. The number of halogens is 1. The summed E-state index contributed by atoms with van der Waals surface area (Å²) in [6.45, 7) is 10.0. The number of thiophene rings is 1. The first kappa shape index (κ1) is 24.9. The Morgan fingerprint density at radius 2 is 2.03 bits per heavy atom. The minimum absolute atomic E-state index is 0. The van der Waals surface area contributed by atoms with Gasteiger partial charge in [-0.3, -0.25) is 9.59 Å². The van der Waals surface area contributed by atoms with Gasteiger partial charge in [0.1, 0.15) is 10.9 Å². The number of hydrogen-bond donors (Lipinski definition) is 2. The second-order valence-corrected chi connectivity index (χ2v) is 8.60. The van der Waals surface area contributed by atoms with Crippen LogP contribution in [0.4, 0.5) is 5.00 Å². The van der Waals surface area contributed by atoms with Crippen LogP contribution in [-0.4, -0.2) is 36.7 Å². The first-order chi connectivity index (χ1) is 14.4. The highest BCUT2D eigenvalue weighted by molar-refractivity contribution is 7.17. The van der Waals surface area contributed by atoms with Crippen LogP contribution >= 0.6 is 23.7 Å². The maximum absolute atomic E-state index is 13.0. The normalized spacial score (nSPS) is 13.9. The summed E-state index contributed by atoms with van der Waals surface area (Å²) >= 11 is 1.37. The van der Waals surface area contributed by atoms with Crippen molar-refractivity contribution in [3.63, 3.8) is 0 Å². The van der Waals surface area contributed by atoms with Crippen molar-refractivity contribution in [3.05, 3.63) is 49.2 Å². The highest BCUT2D eigenvalue weighted by Crippen LogP contribution is 2.37. The molecule has 0 bridgehead atoms. The largest absolute Gasteiger partial charge is 0.381 e. The lowest BCUT2D eigenvalue weighted by atomic mass is 10.1. The topological polar surface area (TPSA) is 98.2 Å². The highest BCUT2D eigenvalue weighted by Gasteiger charge is 2.28. The first-order valence-electron chi connectivity index (χ1n) is 10.2. The van der Waals surface area contributed by atoms with Crippen LogP contribution in [0.15, 0.2) is 10.9 Å². The van der Waals surface area contributed by atoms with Crippen LogP contribution in [0.2, 0.25) is 0 Å². The van der Waals surface area contributed by atoms with Crippen LogP contribution in [0.1, 0.15) is 57.4 Å². The molecular formula is C22H29ClN4O3S. The lowest BCUT2D eigenvalue weighted by Crippen LogP contribution is -2.39. The van der Waals surface area contributed by atoms with Crippen LogP contribution < -0.4 is 15.8 Å². The Bertz CT molecular complexity index is 1030. The molecule has 31 heavy (non-hydrogen) atoms. The van der Waals surface area contributed by atoms with E-state index in [1.165, 1.54) is 11.3 Å². The molecule has 1 fully saturated rings. The van der Waals surface area contributed by atoms with Crippen molar-refractivity contribution < 1.29 is 9.53 Å². The Balaban J connectivity index is 0.00000341. The van der Waals surface area contributed by atoms with E-state index in [9.17, 15) is 14.9 Å². The molecule has 0 spiro atoms. The van der Waals surface area contributed by atoms with E-state index < -0.39 is 0 Å². The van der Waals surface area contributed by atoms with E-state index in [0.29, 0.717) is 22.0 Å². The Kier molecular flexibility index (Phi) is 8.69. The molecule has 0 atom stereocenters. The lowest BCUT2D eigenvalue weighted by molar-refractivity contribution is 0.0847. The Morgan fingerprint density at radius 1 is 1.35 bits per heavy atom. The van der Waals surface area contributed by atoms with Crippen molar-refractivity contribution in [2.24, 2.45) is 0 Å². The van der Waals surface area contributed by atoms with Crippen molar-refractivity contribution in [1.29, 1.82) is 5.26 Å². The van der Waals surface area contributed by atoms with E-state index in [1.54, 1.807) is 0 Å². The number of pyridine rings is 1. The van der Waals surface area contributed by atoms with Gasteiger partial charge < -0.3 is 19.9 Å². The smallest absolute Gasteiger partial charge is 0.254 e. The van der Waals surface area contributed by atoms with Gasteiger partial charge in [-0.2, -0.15) is 5.26 Å². The molecule has 168 valence electrons. The maximum Gasteiger partial charge on any atom is 0.254 e. The van der Waals surface area contributed by atoms with Gasteiger partial charge in [0.15, 0.2) is 0 Å². The van der Waals surface area contributed by atoms with E-state index in [2.05, 4.69) is 28.2 Å². The minimum atomic E-state index is -0.325. The van der Waals surface area contributed by atoms with Gasteiger partial charge in [-0.05, 0) is 57.7 Å². The fourth-order valence-electron chi connectivity index (χ4n) is 4.05. The monoisotopic (exact) mass is 464 g/mol. The quantitative estimate of drug-likeness (QED) is 0.680. The summed E-state index contributed by atoms with van der Waals surface area (Å²) in [5, 5.41) is 13.5. The number of anilines is 1. The van der Waals surface area contributed by atoms with Crippen LogP contribution in [0.5, 0.6) is 0 Å².